The van der Waals surface area contributed by atoms with Crippen LogP contribution in [0.25, 0.3) is 0 Å². The molecule has 0 saturated carbocycles. The van der Waals surface area contributed by atoms with E-state index in [2.05, 4.69) is 0 Å². The van der Waals surface area contributed by atoms with Gasteiger partial charge in [-0.2, -0.15) is 5.26 Å². The van der Waals surface area contributed by atoms with E-state index in [9.17, 15) is 9.59 Å². The minimum absolute atomic E-state index is 0.247. The third kappa shape index (κ3) is 4.80. The zero-order chi connectivity index (χ0) is 16.0. The third-order valence-electron chi connectivity index (χ3n) is 2.96. The molecule has 0 heterocycles. The molecule has 0 aromatic heterocycles. The molecule has 0 fully saturated rings. The van der Waals surface area contributed by atoms with Crippen LogP contribution in [0, 0.1) is 24.2 Å². The van der Waals surface area contributed by atoms with Crippen LogP contribution in [0.15, 0.2) is 24.3 Å². The van der Waals surface area contributed by atoms with Crippen molar-refractivity contribution in [2.45, 2.75) is 13.8 Å². The number of carboxylic acids is 1. The van der Waals surface area contributed by atoms with E-state index in [1.165, 1.54) is 9.80 Å². The number of anilines is 1. The Morgan fingerprint density at radius 3 is 2.38 bits per heavy atom. The number of carboxylic acid groups (broad SMARTS) is 1. The molecule has 1 aromatic rings. The summed E-state index contributed by atoms with van der Waals surface area (Å²) in [6, 6.07) is 8.65. The number of carbonyl (C=O) groups is 2. The number of hydrogen-bond donors (Lipinski definition) is 1. The molecule has 0 aliphatic carbocycles. The van der Waals surface area contributed by atoms with Crippen molar-refractivity contribution in [2.24, 2.45) is 5.92 Å². The number of amides is 2. The molecule has 0 spiro atoms. The van der Waals surface area contributed by atoms with E-state index in [1.807, 2.05) is 25.1 Å². The average molecular weight is 289 g/mol. The molecule has 1 N–H and O–H groups in total. The summed E-state index contributed by atoms with van der Waals surface area (Å²) in [5.41, 5.74) is 1.54. The van der Waals surface area contributed by atoms with Gasteiger partial charge < -0.3 is 10.0 Å². The standard InChI is InChI=1S/C15H19N3O3/c1-11-4-6-13(7-5-11)18(10-14(19)20)15(21)17(3)9-12(2)8-16/h4-7,12H,9-10H2,1-3H3,(H,19,20). The molecular formula is C15H19N3O3. The Labute approximate surface area is 124 Å². The van der Waals surface area contributed by atoms with Crippen LogP contribution in [-0.4, -0.2) is 42.1 Å². The molecule has 1 atom stereocenters. The van der Waals surface area contributed by atoms with Crippen molar-refractivity contribution in [3.05, 3.63) is 29.8 Å². The zero-order valence-electron chi connectivity index (χ0n) is 12.4. The summed E-state index contributed by atoms with van der Waals surface area (Å²) in [6.07, 6.45) is 0. The molecule has 6 heteroatoms. The smallest absolute Gasteiger partial charge is 0.324 e. The van der Waals surface area contributed by atoms with Gasteiger partial charge in [-0.15, -0.1) is 0 Å². The summed E-state index contributed by atoms with van der Waals surface area (Å²) in [5, 5.41) is 17.8. The van der Waals surface area contributed by atoms with Crippen LogP contribution >= 0.6 is 0 Å². The van der Waals surface area contributed by atoms with Crippen LogP contribution in [0.1, 0.15) is 12.5 Å². The first kappa shape index (κ1) is 16.5. The topological polar surface area (TPSA) is 84.6 Å². The highest BCUT2D eigenvalue weighted by atomic mass is 16.4. The van der Waals surface area contributed by atoms with Crippen LogP contribution in [-0.2, 0) is 4.79 Å². The second-order valence-electron chi connectivity index (χ2n) is 5.01. The first-order valence-electron chi connectivity index (χ1n) is 6.56. The van der Waals surface area contributed by atoms with Crippen LogP contribution in [0.2, 0.25) is 0 Å². The number of nitriles is 1. The summed E-state index contributed by atoms with van der Waals surface area (Å²) in [6.45, 7) is 3.44. The van der Waals surface area contributed by atoms with Gasteiger partial charge in [-0.3, -0.25) is 9.69 Å². The summed E-state index contributed by atoms with van der Waals surface area (Å²) in [4.78, 5) is 25.9. The first-order valence-corrected chi connectivity index (χ1v) is 6.56. The largest absolute Gasteiger partial charge is 0.480 e. The number of hydrogen-bond acceptors (Lipinski definition) is 3. The number of urea groups is 1. The van der Waals surface area contributed by atoms with Gasteiger partial charge in [0.05, 0.1) is 12.0 Å². The molecule has 1 rings (SSSR count). The van der Waals surface area contributed by atoms with Gasteiger partial charge in [0, 0.05) is 19.3 Å². The average Bonchev–Trinajstić information content (AvgIpc) is 2.44. The van der Waals surface area contributed by atoms with Crippen LogP contribution < -0.4 is 4.90 Å². The zero-order valence-corrected chi connectivity index (χ0v) is 12.4. The second-order valence-corrected chi connectivity index (χ2v) is 5.01. The van der Waals surface area contributed by atoms with Crippen LogP contribution in [0.5, 0.6) is 0 Å². The maximum atomic E-state index is 12.4. The van der Waals surface area contributed by atoms with Crippen molar-refractivity contribution in [1.29, 1.82) is 5.26 Å². The van der Waals surface area contributed by atoms with Crippen molar-refractivity contribution >= 4 is 17.7 Å². The van der Waals surface area contributed by atoms with Gasteiger partial charge in [0.2, 0.25) is 0 Å². The predicted molar refractivity (Wildman–Crippen MR) is 79.0 cm³/mol. The van der Waals surface area contributed by atoms with E-state index in [-0.39, 0.29) is 12.5 Å². The Balaban J connectivity index is 2.97. The molecular weight excluding hydrogens is 270 g/mol. The molecule has 1 aromatic carbocycles. The summed E-state index contributed by atoms with van der Waals surface area (Å²) < 4.78 is 0. The Morgan fingerprint density at radius 1 is 1.33 bits per heavy atom. The van der Waals surface area contributed by atoms with Crippen LogP contribution in [0.4, 0.5) is 10.5 Å². The van der Waals surface area contributed by atoms with E-state index in [0.29, 0.717) is 5.69 Å². The van der Waals surface area contributed by atoms with Crippen molar-refractivity contribution in [2.75, 3.05) is 25.0 Å². The number of aliphatic carboxylic acids is 1. The fourth-order valence-electron chi connectivity index (χ4n) is 1.87. The van der Waals surface area contributed by atoms with Gasteiger partial charge in [0.25, 0.3) is 0 Å². The van der Waals surface area contributed by atoms with E-state index in [1.54, 1.807) is 26.1 Å². The van der Waals surface area contributed by atoms with Crippen LogP contribution in [0.3, 0.4) is 0 Å². The van der Waals surface area contributed by atoms with Crippen molar-refractivity contribution in [1.82, 2.24) is 4.90 Å². The maximum Gasteiger partial charge on any atom is 0.324 e. The number of nitrogens with zero attached hydrogens (tertiary/aromatic N) is 3. The van der Waals surface area contributed by atoms with Gasteiger partial charge in [-0.25, -0.2) is 4.79 Å². The highest BCUT2D eigenvalue weighted by Gasteiger charge is 2.23. The lowest BCUT2D eigenvalue weighted by Crippen LogP contribution is -2.45. The Kier molecular flexibility index (Phi) is 5.73. The molecule has 0 bridgehead atoms. The number of rotatable bonds is 5. The monoisotopic (exact) mass is 289 g/mol. The fraction of sp³-hybridized carbons (Fsp3) is 0.400. The molecule has 21 heavy (non-hydrogen) atoms. The highest BCUT2D eigenvalue weighted by molar-refractivity contribution is 5.96. The van der Waals surface area contributed by atoms with Gasteiger partial charge >= 0.3 is 12.0 Å². The maximum absolute atomic E-state index is 12.4. The van der Waals surface area contributed by atoms with Gasteiger partial charge in [-0.1, -0.05) is 17.7 Å². The minimum atomic E-state index is -1.09. The summed E-state index contributed by atoms with van der Waals surface area (Å²) in [7, 11) is 1.55. The molecule has 0 radical (unpaired) electrons. The first-order chi connectivity index (χ1) is 9.85. The van der Waals surface area contributed by atoms with E-state index < -0.39 is 18.5 Å². The Bertz CT molecular complexity index is 548. The summed E-state index contributed by atoms with van der Waals surface area (Å²) >= 11 is 0. The fourth-order valence-corrected chi connectivity index (χ4v) is 1.87. The molecule has 0 aliphatic heterocycles. The van der Waals surface area contributed by atoms with E-state index >= 15 is 0 Å². The minimum Gasteiger partial charge on any atom is -0.480 e. The molecule has 2 amide bonds. The molecule has 0 aliphatic rings. The predicted octanol–water partition coefficient (Wildman–Crippen LogP) is 2.10. The SMILES string of the molecule is Cc1ccc(N(CC(=O)O)C(=O)N(C)CC(C)C#N)cc1. The lowest BCUT2D eigenvalue weighted by Gasteiger charge is -2.27. The number of benzene rings is 1. The second kappa shape index (κ2) is 7.29. The third-order valence-corrected chi connectivity index (χ3v) is 2.96. The number of aryl methyl sites for hydroxylation is 1. The Morgan fingerprint density at radius 2 is 1.90 bits per heavy atom. The number of carbonyl (C=O) groups excluding carboxylic acids is 1. The molecule has 112 valence electrons. The lowest BCUT2D eigenvalue weighted by molar-refractivity contribution is -0.135. The molecule has 1 unspecified atom stereocenters. The van der Waals surface area contributed by atoms with Gasteiger partial charge in [-0.05, 0) is 26.0 Å². The molecule has 6 nitrogen and oxygen atoms in total. The van der Waals surface area contributed by atoms with Crippen molar-refractivity contribution in [3.8, 4) is 6.07 Å². The van der Waals surface area contributed by atoms with E-state index in [0.717, 1.165) is 5.56 Å². The Hall–Kier alpha value is -2.55. The quantitative estimate of drug-likeness (QED) is 0.899. The van der Waals surface area contributed by atoms with Gasteiger partial charge in [0.15, 0.2) is 0 Å². The van der Waals surface area contributed by atoms with Gasteiger partial charge in [0.1, 0.15) is 6.54 Å². The lowest BCUT2D eigenvalue weighted by atomic mass is 10.2. The van der Waals surface area contributed by atoms with Crippen molar-refractivity contribution < 1.29 is 14.7 Å². The normalized spacial score (nSPS) is 11.3. The van der Waals surface area contributed by atoms with E-state index in [4.69, 9.17) is 10.4 Å². The summed E-state index contributed by atoms with van der Waals surface area (Å²) in [5.74, 6) is -1.41. The highest BCUT2D eigenvalue weighted by Crippen LogP contribution is 2.17. The molecule has 0 saturated heterocycles. The van der Waals surface area contributed by atoms with Crippen molar-refractivity contribution in [3.63, 3.8) is 0 Å².